The lowest BCUT2D eigenvalue weighted by Gasteiger charge is -2.32. The lowest BCUT2D eigenvalue weighted by atomic mass is 9.92. The summed E-state index contributed by atoms with van der Waals surface area (Å²) in [5.41, 5.74) is 1.88. The predicted molar refractivity (Wildman–Crippen MR) is 77.0 cm³/mol. The highest BCUT2D eigenvalue weighted by atomic mass is 16.1. The van der Waals surface area contributed by atoms with Gasteiger partial charge >= 0.3 is 0 Å². The number of allylic oxidation sites excluding steroid dienone is 3. The number of piperazine rings is 1. The average Bonchev–Trinajstić information content (AvgIpc) is 2.51. The Morgan fingerprint density at radius 2 is 1.55 bits per heavy atom. The number of nitrogens with zero attached hydrogens (tertiary/aromatic N) is 1. The van der Waals surface area contributed by atoms with Crippen LogP contribution in [0.3, 0.4) is 0 Å². The Morgan fingerprint density at radius 1 is 0.900 bits per heavy atom. The summed E-state index contributed by atoms with van der Waals surface area (Å²) in [6.45, 7) is 3.16. The Labute approximate surface area is 117 Å². The summed E-state index contributed by atoms with van der Waals surface area (Å²) < 4.78 is 0. The van der Waals surface area contributed by atoms with Crippen LogP contribution in [0.5, 0.6) is 0 Å². The molecule has 3 rings (SSSR count). The van der Waals surface area contributed by atoms with Crippen LogP contribution in [0.2, 0.25) is 0 Å². The zero-order chi connectivity index (χ0) is 13.9. The van der Waals surface area contributed by atoms with Gasteiger partial charge in [0.15, 0.2) is 5.78 Å². The van der Waals surface area contributed by atoms with Crippen molar-refractivity contribution >= 4 is 17.1 Å². The Bertz CT molecular complexity index is 596. The molecule has 1 saturated heterocycles. The van der Waals surface area contributed by atoms with Gasteiger partial charge in [0.05, 0.1) is 11.3 Å². The maximum absolute atomic E-state index is 12.3. The van der Waals surface area contributed by atoms with Gasteiger partial charge in [-0.1, -0.05) is 30.3 Å². The van der Waals surface area contributed by atoms with E-state index in [4.69, 9.17) is 0 Å². The minimum Gasteiger partial charge on any atom is -0.365 e. The molecule has 1 aromatic carbocycles. The van der Waals surface area contributed by atoms with Crippen LogP contribution in [-0.2, 0) is 9.59 Å². The van der Waals surface area contributed by atoms with E-state index in [1.807, 2.05) is 35.2 Å². The molecule has 2 aliphatic rings. The van der Waals surface area contributed by atoms with Crippen molar-refractivity contribution in [2.45, 2.75) is 0 Å². The van der Waals surface area contributed by atoms with Gasteiger partial charge in [0.1, 0.15) is 0 Å². The number of nitrogens with one attached hydrogen (secondary N) is 1. The van der Waals surface area contributed by atoms with Gasteiger partial charge in [-0.05, 0) is 17.7 Å². The quantitative estimate of drug-likeness (QED) is 0.813. The van der Waals surface area contributed by atoms with Crippen LogP contribution < -0.4 is 5.32 Å². The normalized spacial score (nSPS) is 19.7. The smallest absolute Gasteiger partial charge is 0.202 e. The van der Waals surface area contributed by atoms with Crippen LogP contribution in [0.25, 0.3) is 5.57 Å². The highest BCUT2D eigenvalue weighted by Crippen LogP contribution is 2.27. The molecule has 1 aliphatic heterocycles. The van der Waals surface area contributed by atoms with Crippen molar-refractivity contribution in [3.05, 3.63) is 53.7 Å². The first-order chi connectivity index (χ1) is 9.77. The second kappa shape index (κ2) is 5.43. The van der Waals surface area contributed by atoms with Crippen molar-refractivity contribution in [1.29, 1.82) is 0 Å². The number of benzene rings is 1. The third-order valence-corrected chi connectivity index (χ3v) is 3.60. The van der Waals surface area contributed by atoms with E-state index in [0.29, 0.717) is 11.3 Å². The Balaban J connectivity index is 2.10. The van der Waals surface area contributed by atoms with E-state index >= 15 is 0 Å². The van der Waals surface area contributed by atoms with Crippen LogP contribution >= 0.6 is 0 Å². The molecule has 4 heteroatoms. The number of rotatable bonds is 2. The minimum absolute atomic E-state index is 0.0784. The zero-order valence-electron chi connectivity index (χ0n) is 11.1. The lowest BCUT2D eigenvalue weighted by Crippen LogP contribution is -2.45. The predicted octanol–water partition coefficient (Wildman–Crippen LogP) is 1.01. The molecule has 4 nitrogen and oxygen atoms in total. The summed E-state index contributed by atoms with van der Waals surface area (Å²) in [5, 5.41) is 3.26. The molecule has 0 aromatic heterocycles. The highest BCUT2D eigenvalue weighted by Gasteiger charge is 2.28. The molecule has 0 spiro atoms. The lowest BCUT2D eigenvalue weighted by molar-refractivity contribution is -0.115. The number of hydrogen-bond donors (Lipinski definition) is 1. The minimum atomic E-state index is -0.0932. The van der Waals surface area contributed by atoms with Crippen LogP contribution in [0, 0.1) is 0 Å². The average molecular weight is 268 g/mol. The summed E-state index contributed by atoms with van der Waals surface area (Å²) in [4.78, 5) is 26.5. The molecule has 0 unspecified atom stereocenters. The van der Waals surface area contributed by atoms with Crippen molar-refractivity contribution in [3.8, 4) is 0 Å². The third kappa shape index (κ3) is 2.30. The summed E-state index contributed by atoms with van der Waals surface area (Å²) in [6, 6.07) is 9.42. The molecule has 1 N–H and O–H groups in total. The van der Waals surface area contributed by atoms with Crippen molar-refractivity contribution in [3.63, 3.8) is 0 Å². The fourth-order valence-corrected chi connectivity index (χ4v) is 2.64. The van der Waals surface area contributed by atoms with Crippen LogP contribution in [-0.4, -0.2) is 42.6 Å². The number of carbonyl (C=O) groups is 2. The molecule has 0 radical (unpaired) electrons. The van der Waals surface area contributed by atoms with E-state index in [2.05, 4.69) is 5.32 Å². The molecule has 0 saturated carbocycles. The van der Waals surface area contributed by atoms with Crippen molar-refractivity contribution in [2.75, 3.05) is 26.2 Å². The van der Waals surface area contributed by atoms with E-state index in [1.165, 1.54) is 12.2 Å². The van der Waals surface area contributed by atoms with Crippen LogP contribution in [0.15, 0.2) is 48.2 Å². The zero-order valence-corrected chi connectivity index (χ0v) is 11.1. The number of hydrogen-bond acceptors (Lipinski definition) is 4. The Kier molecular flexibility index (Phi) is 3.48. The molecule has 1 aromatic rings. The van der Waals surface area contributed by atoms with Crippen molar-refractivity contribution in [1.82, 2.24) is 10.2 Å². The molecular weight excluding hydrogens is 252 g/mol. The van der Waals surface area contributed by atoms with Gasteiger partial charge < -0.3 is 10.2 Å². The maximum atomic E-state index is 12.3. The van der Waals surface area contributed by atoms with Gasteiger partial charge in [-0.2, -0.15) is 0 Å². The highest BCUT2D eigenvalue weighted by molar-refractivity contribution is 6.35. The first-order valence-electron chi connectivity index (χ1n) is 6.79. The largest absolute Gasteiger partial charge is 0.365 e. The Hall–Kier alpha value is -2.20. The summed E-state index contributed by atoms with van der Waals surface area (Å²) >= 11 is 0. The summed E-state index contributed by atoms with van der Waals surface area (Å²) in [6.07, 6.45) is 2.75. The van der Waals surface area contributed by atoms with Gasteiger partial charge in [-0.25, -0.2) is 0 Å². The molecule has 1 fully saturated rings. The summed E-state index contributed by atoms with van der Waals surface area (Å²) in [7, 11) is 0. The van der Waals surface area contributed by atoms with Crippen LogP contribution in [0.1, 0.15) is 5.56 Å². The van der Waals surface area contributed by atoms with E-state index in [0.717, 1.165) is 31.7 Å². The van der Waals surface area contributed by atoms with Crippen molar-refractivity contribution in [2.24, 2.45) is 0 Å². The second-order valence-electron chi connectivity index (χ2n) is 4.89. The first kappa shape index (κ1) is 12.8. The summed E-state index contributed by atoms with van der Waals surface area (Å²) in [5.74, 6) is -0.172. The van der Waals surface area contributed by atoms with E-state index in [1.54, 1.807) is 0 Å². The monoisotopic (exact) mass is 268 g/mol. The first-order valence-corrected chi connectivity index (χ1v) is 6.79. The third-order valence-electron chi connectivity index (χ3n) is 3.60. The maximum Gasteiger partial charge on any atom is 0.202 e. The molecule has 0 atom stereocenters. The fraction of sp³-hybridized carbons (Fsp3) is 0.250. The topological polar surface area (TPSA) is 49.4 Å². The fourth-order valence-electron chi connectivity index (χ4n) is 2.64. The Morgan fingerprint density at radius 3 is 2.25 bits per heavy atom. The van der Waals surface area contributed by atoms with Gasteiger partial charge in [0, 0.05) is 26.2 Å². The van der Waals surface area contributed by atoms with Gasteiger partial charge in [-0.15, -0.1) is 0 Å². The van der Waals surface area contributed by atoms with Crippen molar-refractivity contribution < 1.29 is 9.59 Å². The second-order valence-corrected chi connectivity index (χ2v) is 4.89. The molecule has 1 heterocycles. The van der Waals surface area contributed by atoms with E-state index in [9.17, 15) is 9.59 Å². The molecule has 20 heavy (non-hydrogen) atoms. The molecule has 102 valence electrons. The number of ketones is 2. The molecule has 1 aliphatic carbocycles. The molecular formula is C16H16N2O2. The SMILES string of the molecule is O=C1C=CC(=O)C(N2CCNCC2)=C1c1ccccc1. The standard InChI is InChI=1S/C16H16N2O2/c19-13-6-7-14(20)16(18-10-8-17-9-11-18)15(13)12-4-2-1-3-5-12/h1-7,17H,8-11H2. The van der Waals surface area contributed by atoms with E-state index < -0.39 is 0 Å². The molecule has 0 amide bonds. The van der Waals surface area contributed by atoms with Gasteiger partial charge in [0.25, 0.3) is 0 Å². The number of carbonyl (C=O) groups excluding carboxylic acids is 2. The van der Waals surface area contributed by atoms with E-state index in [-0.39, 0.29) is 11.6 Å². The van der Waals surface area contributed by atoms with Gasteiger partial charge in [0.2, 0.25) is 5.78 Å². The molecule has 0 bridgehead atoms. The van der Waals surface area contributed by atoms with Crippen LogP contribution in [0.4, 0.5) is 0 Å². The van der Waals surface area contributed by atoms with Gasteiger partial charge in [-0.3, -0.25) is 9.59 Å².